The molecule has 1 atom stereocenters. The summed E-state index contributed by atoms with van der Waals surface area (Å²) in [4.78, 5) is 7.73. The lowest BCUT2D eigenvalue weighted by molar-refractivity contribution is 0.595. The third-order valence-corrected chi connectivity index (χ3v) is 4.54. The highest BCUT2D eigenvalue weighted by Crippen LogP contribution is 2.18. The average Bonchev–Trinajstić information content (AvgIpc) is 2.56. The van der Waals surface area contributed by atoms with E-state index in [0.29, 0.717) is 24.5 Å². The Morgan fingerprint density at radius 2 is 2.38 bits per heavy atom. The van der Waals surface area contributed by atoms with Crippen molar-refractivity contribution in [2.75, 3.05) is 23.4 Å². The van der Waals surface area contributed by atoms with Gasteiger partial charge in [-0.1, -0.05) is 0 Å². The van der Waals surface area contributed by atoms with Crippen LogP contribution in [0.3, 0.4) is 0 Å². The van der Waals surface area contributed by atoms with Crippen molar-refractivity contribution < 1.29 is 8.42 Å². The molecular weight excluding hydrogens is 250 g/mol. The van der Waals surface area contributed by atoms with Gasteiger partial charge in [-0.15, -0.1) is 0 Å². The number of rotatable bonds is 3. The van der Waals surface area contributed by atoms with Crippen molar-refractivity contribution in [1.29, 1.82) is 0 Å². The van der Waals surface area contributed by atoms with Crippen molar-refractivity contribution in [1.82, 2.24) is 9.97 Å². The van der Waals surface area contributed by atoms with E-state index in [1.807, 2.05) is 0 Å². The zero-order valence-corrected chi connectivity index (χ0v) is 10.1. The van der Waals surface area contributed by atoms with Gasteiger partial charge in [0.15, 0.2) is 9.84 Å². The summed E-state index contributed by atoms with van der Waals surface area (Å²) in [6, 6.07) is 1.70. The van der Waals surface area contributed by atoms with Gasteiger partial charge in [0.05, 0.1) is 11.5 Å². The Kier molecular flexibility index (Phi) is 3.30. The summed E-state index contributed by atoms with van der Waals surface area (Å²) >= 11 is 5.63. The normalized spacial score (nSPS) is 23.2. The largest absolute Gasteiger partial charge is 0.370 e. The van der Waals surface area contributed by atoms with E-state index in [9.17, 15) is 8.42 Å². The first-order valence-corrected chi connectivity index (χ1v) is 7.18. The molecule has 0 amide bonds. The smallest absolute Gasteiger partial charge is 0.224 e. The van der Waals surface area contributed by atoms with Crippen LogP contribution in [0.15, 0.2) is 12.3 Å². The summed E-state index contributed by atoms with van der Waals surface area (Å²) < 4.78 is 22.5. The van der Waals surface area contributed by atoms with E-state index in [0.717, 1.165) is 0 Å². The van der Waals surface area contributed by atoms with Crippen LogP contribution in [0.25, 0.3) is 0 Å². The third-order valence-electron chi connectivity index (χ3n) is 2.52. The summed E-state index contributed by atoms with van der Waals surface area (Å²) in [5, 5.41) is 3.25. The van der Waals surface area contributed by atoms with Crippen LogP contribution < -0.4 is 5.32 Å². The predicted octanol–water partition coefficient (Wildman–Crippen LogP) is 0.977. The number of aromatic nitrogens is 2. The molecule has 0 saturated carbocycles. The minimum Gasteiger partial charge on any atom is -0.370 e. The second-order valence-electron chi connectivity index (χ2n) is 3.86. The van der Waals surface area contributed by atoms with Crippen molar-refractivity contribution in [2.45, 2.75) is 6.42 Å². The van der Waals surface area contributed by atoms with E-state index in [2.05, 4.69) is 15.3 Å². The van der Waals surface area contributed by atoms with Gasteiger partial charge in [0.25, 0.3) is 0 Å². The van der Waals surface area contributed by atoms with Gasteiger partial charge in [0.1, 0.15) is 5.82 Å². The van der Waals surface area contributed by atoms with E-state index in [4.69, 9.17) is 11.6 Å². The van der Waals surface area contributed by atoms with Crippen LogP contribution in [0.2, 0.25) is 5.28 Å². The molecule has 88 valence electrons. The van der Waals surface area contributed by atoms with E-state index in [-0.39, 0.29) is 17.0 Å². The summed E-state index contributed by atoms with van der Waals surface area (Å²) in [6.45, 7) is 0.604. The number of hydrogen-bond donors (Lipinski definition) is 1. The zero-order valence-electron chi connectivity index (χ0n) is 8.56. The van der Waals surface area contributed by atoms with Crippen LogP contribution in [-0.4, -0.2) is 36.4 Å². The predicted molar refractivity (Wildman–Crippen MR) is 62.3 cm³/mol. The van der Waals surface area contributed by atoms with Crippen LogP contribution in [0.5, 0.6) is 0 Å². The molecule has 16 heavy (non-hydrogen) atoms. The molecule has 1 N–H and O–H groups in total. The fourth-order valence-corrected chi connectivity index (χ4v) is 3.72. The summed E-state index contributed by atoms with van der Waals surface area (Å²) in [5.74, 6) is 1.35. The van der Waals surface area contributed by atoms with Crippen molar-refractivity contribution in [3.63, 3.8) is 0 Å². The first-order chi connectivity index (χ1) is 7.55. The van der Waals surface area contributed by atoms with Crippen LogP contribution >= 0.6 is 11.6 Å². The third kappa shape index (κ3) is 3.05. The molecule has 1 saturated heterocycles. The number of sulfone groups is 1. The first-order valence-electron chi connectivity index (χ1n) is 4.98. The average molecular weight is 262 g/mol. The Hall–Kier alpha value is -0.880. The highest BCUT2D eigenvalue weighted by molar-refractivity contribution is 7.91. The molecule has 0 spiro atoms. The number of hydrogen-bond acceptors (Lipinski definition) is 5. The zero-order chi connectivity index (χ0) is 11.6. The van der Waals surface area contributed by atoms with E-state index >= 15 is 0 Å². The molecule has 1 aromatic rings. The van der Waals surface area contributed by atoms with Crippen molar-refractivity contribution in [3.05, 3.63) is 17.5 Å². The van der Waals surface area contributed by atoms with Crippen LogP contribution in [0.4, 0.5) is 5.82 Å². The van der Waals surface area contributed by atoms with Gasteiger partial charge in [-0.25, -0.2) is 18.4 Å². The number of nitrogens with one attached hydrogen (secondary N) is 1. The lowest BCUT2D eigenvalue weighted by Gasteiger charge is -2.09. The van der Waals surface area contributed by atoms with E-state index in [1.165, 1.54) is 0 Å². The van der Waals surface area contributed by atoms with E-state index < -0.39 is 9.84 Å². The van der Waals surface area contributed by atoms with Crippen molar-refractivity contribution in [3.8, 4) is 0 Å². The van der Waals surface area contributed by atoms with Crippen molar-refractivity contribution >= 4 is 27.3 Å². The van der Waals surface area contributed by atoms with Gasteiger partial charge in [0, 0.05) is 12.7 Å². The lowest BCUT2D eigenvalue weighted by Crippen LogP contribution is -2.16. The maximum Gasteiger partial charge on any atom is 0.224 e. The number of anilines is 1. The Balaban J connectivity index is 1.89. The van der Waals surface area contributed by atoms with Crippen LogP contribution in [0.1, 0.15) is 6.42 Å². The van der Waals surface area contributed by atoms with Gasteiger partial charge >= 0.3 is 0 Å². The summed E-state index contributed by atoms with van der Waals surface area (Å²) in [5.41, 5.74) is 0. The van der Waals surface area contributed by atoms with Gasteiger partial charge in [0.2, 0.25) is 5.28 Å². The van der Waals surface area contributed by atoms with Gasteiger partial charge in [-0.05, 0) is 30.0 Å². The highest BCUT2D eigenvalue weighted by Gasteiger charge is 2.27. The number of halogens is 1. The quantitative estimate of drug-likeness (QED) is 0.821. The molecule has 1 aliphatic rings. The van der Waals surface area contributed by atoms with Crippen LogP contribution in [0, 0.1) is 5.92 Å². The molecular formula is C9H12ClN3O2S. The maximum atomic E-state index is 11.2. The molecule has 1 aliphatic heterocycles. The minimum absolute atomic E-state index is 0.166. The highest BCUT2D eigenvalue weighted by atomic mass is 35.5. The van der Waals surface area contributed by atoms with E-state index in [1.54, 1.807) is 12.3 Å². The monoisotopic (exact) mass is 261 g/mol. The number of nitrogens with zero attached hydrogens (tertiary/aromatic N) is 2. The second kappa shape index (κ2) is 4.55. The molecule has 0 aliphatic carbocycles. The SMILES string of the molecule is O=S1(=O)CCC(CNc2ccnc(Cl)n2)C1. The van der Waals surface area contributed by atoms with Crippen LogP contribution in [-0.2, 0) is 9.84 Å². The fraction of sp³-hybridized carbons (Fsp3) is 0.556. The Labute approximate surface area is 99.2 Å². The summed E-state index contributed by atoms with van der Waals surface area (Å²) in [7, 11) is -2.81. The molecule has 0 bridgehead atoms. The molecule has 1 unspecified atom stereocenters. The second-order valence-corrected chi connectivity index (χ2v) is 6.43. The Morgan fingerprint density at radius 1 is 1.56 bits per heavy atom. The standard InChI is InChI=1S/C9H12ClN3O2S/c10-9-11-3-1-8(13-9)12-5-7-2-4-16(14,15)6-7/h1,3,7H,2,4-6H2,(H,11,12,13). The Morgan fingerprint density at radius 3 is 3.00 bits per heavy atom. The maximum absolute atomic E-state index is 11.2. The molecule has 0 aromatic carbocycles. The van der Waals surface area contributed by atoms with Gasteiger partial charge < -0.3 is 5.32 Å². The van der Waals surface area contributed by atoms with Gasteiger partial charge in [-0.3, -0.25) is 0 Å². The Bertz CT molecular complexity index is 477. The molecule has 0 radical (unpaired) electrons. The molecule has 1 fully saturated rings. The molecule has 7 heteroatoms. The minimum atomic E-state index is -2.81. The topological polar surface area (TPSA) is 72.0 Å². The summed E-state index contributed by atoms with van der Waals surface area (Å²) in [6.07, 6.45) is 2.28. The van der Waals surface area contributed by atoms with Crippen molar-refractivity contribution in [2.24, 2.45) is 5.92 Å². The molecule has 1 aromatic heterocycles. The molecule has 2 heterocycles. The van der Waals surface area contributed by atoms with Gasteiger partial charge in [-0.2, -0.15) is 0 Å². The molecule has 2 rings (SSSR count). The first kappa shape index (κ1) is 11.6. The fourth-order valence-electron chi connectivity index (χ4n) is 1.72. The molecule has 5 nitrogen and oxygen atoms in total. The lowest BCUT2D eigenvalue weighted by atomic mass is 10.1.